The third kappa shape index (κ3) is 6.01. The van der Waals surface area contributed by atoms with E-state index in [1.54, 1.807) is 0 Å². The molecular weight excluding hydrogens is 512 g/mol. The average Bonchev–Trinajstić information content (AvgIpc) is 3.26. The Morgan fingerprint density at radius 3 is 2.74 bits per heavy atom. The zero-order chi connectivity index (χ0) is 27.5. The summed E-state index contributed by atoms with van der Waals surface area (Å²) in [6.07, 6.45) is 5.98. The van der Waals surface area contributed by atoms with Gasteiger partial charge in [0.15, 0.2) is 17.5 Å². The summed E-state index contributed by atoms with van der Waals surface area (Å²) in [4.78, 5) is 23.2. The molecule has 1 aromatic carbocycles. The first-order valence-electron chi connectivity index (χ1n) is 13.2. The molecule has 5 rings (SSSR count). The van der Waals surface area contributed by atoms with Crippen LogP contribution in [0.2, 0.25) is 0 Å². The molecule has 0 bridgehead atoms. The molecule has 2 aromatic heterocycles. The number of tetrazole rings is 1. The molecule has 0 amide bonds. The highest BCUT2D eigenvalue weighted by atomic mass is 19.1. The largest absolute Gasteiger partial charge is 0.489 e. The highest BCUT2D eigenvalue weighted by Gasteiger charge is 2.33. The molecule has 3 unspecified atom stereocenters. The summed E-state index contributed by atoms with van der Waals surface area (Å²) in [5.74, 6) is -0.972. The first kappa shape index (κ1) is 26.9. The van der Waals surface area contributed by atoms with E-state index in [1.807, 2.05) is 0 Å². The smallest absolute Gasteiger partial charge is 0.368 e. The van der Waals surface area contributed by atoms with Gasteiger partial charge in [0.05, 0.1) is 18.0 Å². The molecule has 2 fully saturated rings. The van der Waals surface area contributed by atoms with Crippen LogP contribution in [0.1, 0.15) is 39.0 Å². The molecule has 2 aliphatic rings. The molecule has 14 heteroatoms. The number of nitrogens with zero attached hydrogens (tertiary/aromatic N) is 7. The van der Waals surface area contributed by atoms with Crippen LogP contribution >= 0.6 is 0 Å². The van der Waals surface area contributed by atoms with Crippen LogP contribution < -0.4 is 21.1 Å². The topological polar surface area (TPSA) is 135 Å². The number of aromatic nitrogens is 6. The maximum absolute atomic E-state index is 15.1. The van der Waals surface area contributed by atoms with Crippen LogP contribution in [0.15, 0.2) is 23.1 Å². The lowest BCUT2D eigenvalue weighted by molar-refractivity contribution is 0.0648. The van der Waals surface area contributed by atoms with Gasteiger partial charge < -0.3 is 25.4 Å². The molecule has 2 aliphatic heterocycles. The Morgan fingerprint density at radius 1 is 1.15 bits per heavy atom. The van der Waals surface area contributed by atoms with E-state index in [-0.39, 0.29) is 35.5 Å². The third-order valence-electron chi connectivity index (χ3n) is 7.23. The van der Waals surface area contributed by atoms with Gasteiger partial charge in [0.1, 0.15) is 18.0 Å². The van der Waals surface area contributed by atoms with Crippen molar-refractivity contribution in [2.45, 2.75) is 51.2 Å². The summed E-state index contributed by atoms with van der Waals surface area (Å²) in [7, 11) is 1.42. The Kier molecular flexibility index (Phi) is 8.02. The van der Waals surface area contributed by atoms with Crippen LogP contribution in [0.4, 0.5) is 26.2 Å². The number of rotatable bonds is 9. The van der Waals surface area contributed by atoms with Crippen molar-refractivity contribution in [3.05, 3.63) is 40.4 Å². The number of fused-ring (bicyclic) bond motifs is 1. The molecule has 4 heterocycles. The number of aliphatic hydroxyl groups excluding tert-OH is 1. The quantitative estimate of drug-likeness (QED) is 0.367. The van der Waals surface area contributed by atoms with E-state index in [0.717, 1.165) is 54.0 Å². The Hall–Kier alpha value is -3.65. The normalized spacial score (nSPS) is 20.3. The summed E-state index contributed by atoms with van der Waals surface area (Å²) < 4.78 is 37.2. The summed E-state index contributed by atoms with van der Waals surface area (Å²) in [5.41, 5.74) is -0.583. The molecule has 3 N–H and O–H groups in total. The van der Waals surface area contributed by atoms with Crippen LogP contribution in [-0.4, -0.2) is 78.2 Å². The van der Waals surface area contributed by atoms with Gasteiger partial charge in [0.25, 0.3) is 0 Å². The first-order chi connectivity index (χ1) is 18.8. The van der Waals surface area contributed by atoms with E-state index in [0.29, 0.717) is 18.5 Å². The molecule has 0 saturated carbocycles. The van der Waals surface area contributed by atoms with Gasteiger partial charge in [-0.05, 0) is 68.1 Å². The van der Waals surface area contributed by atoms with Crippen LogP contribution in [0.25, 0.3) is 5.69 Å². The zero-order valence-electron chi connectivity index (χ0n) is 22.0. The minimum absolute atomic E-state index is 0.0202. The van der Waals surface area contributed by atoms with E-state index < -0.39 is 23.4 Å². The van der Waals surface area contributed by atoms with Gasteiger partial charge in [-0.25, -0.2) is 18.6 Å². The van der Waals surface area contributed by atoms with Crippen LogP contribution in [-0.2, 0) is 7.05 Å². The van der Waals surface area contributed by atoms with Gasteiger partial charge in [0.2, 0.25) is 5.95 Å². The molecular formula is C25H33F2N9O3. The van der Waals surface area contributed by atoms with Crippen molar-refractivity contribution in [1.29, 1.82) is 0 Å². The third-order valence-corrected chi connectivity index (χ3v) is 7.23. The van der Waals surface area contributed by atoms with Gasteiger partial charge >= 0.3 is 5.69 Å². The Labute approximate surface area is 224 Å². The fraction of sp³-hybridized carbons (Fsp3) is 0.560. The molecule has 210 valence electrons. The van der Waals surface area contributed by atoms with Crippen molar-refractivity contribution >= 4 is 17.5 Å². The Bertz CT molecular complexity index is 1360. The number of benzene rings is 1. The standard InChI is InChI=1S/C25H33F2N9O3/c1-15(37)14-39-22-10-17(26)19(11-21(22)36-25(38)34(2)32-33-36)30-24-29-13-18(27)23(31-24)28-12-16-6-5-9-35-8-4-3-7-20(16)35/h10-11,13,15-16,20,37H,3-9,12,14H2,1-2H3,(H2,28,29,30,31). The molecule has 0 radical (unpaired) electrons. The number of anilines is 3. The molecule has 0 aliphatic carbocycles. The number of hydrogen-bond acceptors (Lipinski definition) is 10. The number of ether oxygens (including phenoxy) is 1. The van der Waals surface area contributed by atoms with Gasteiger partial charge in [-0.2, -0.15) is 14.3 Å². The Morgan fingerprint density at radius 2 is 1.97 bits per heavy atom. The fourth-order valence-electron chi connectivity index (χ4n) is 5.31. The second-order valence-corrected chi connectivity index (χ2v) is 10.2. The summed E-state index contributed by atoms with van der Waals surface area (Å²) >= 11 is 0. The Balaban J connectivity index is 1.37. The molecule has 3 aromatic rings. The predicted molar refractivity (Wildman–Crippen MR) is 139 cm³/mol. The lowest BCUT2D eigenvalue weighted by atomic mass is 9.83. The average molecular weight is 546 g/mol. The van der Waals surface area contributed by atoms with E-state index in [1.165, 1.54) is 32.9 Å². The minimum atomic E-state index is -0.828. The van der Waals surface area contributed by atoms with Crippen LogP contribution in [0.3, 0.4) is 0 Å². The van der Waals surface area contributed by atoms with Gasteiger partial charge in [0, 0.05) is 25.7 Å². The van der Waals surface area contributed by atoms with Crippen molar-refractivity contribution in [2.24, 2.45) is 13.0 Å². The lowest BCUT2D eigenvalue weighted by Crippen LogP contribution is -2.49. The number of aryl methyl sites for hydroxylation is 1. The molecule has 39 heavy (non-hydrogen) atoms. The number of halogens is 2. The van der Waals surface area contributed by atoms with Gasteiger partial charge in [-0.15, -0.1) is 0 Å². The van der Waals surface area contributed by atoms with Crippen molar-refractivity contribution in [3.8, 4) is 11.4 Å². The van der Waals surface area contributed by atoms with E-state index in [2.05, 4.69) is 35.9 Å². The number of nitrogens with one attached hydrogen (secondary N) is 2. The number of hydrogen-bond donors (Lipinski definition) is 3. The second-order valence-electron chi connectivity index (χ2n) is 10.2. The lowest BCUT2D eigenvalue weighted by Gasteiger charge is -2.44. The zero-order valence-corrected chi connectivity index (χ0v) is 22.0. The number of piperidine rings is 2. The van der Waals surface area contributed by atoms with Gasteiger partial charge in [-0.1, -0.05) is 6.42 Å². The molecule has 3 atom stereocenters. The fourth-order valence-corrected chi connectivity index (χ4v) is 5.31. The maximum atomic E-state index is 15.1. The van der Waals surface area contributed by atoms with Gasteiger partial charge in [-0.3, -0.25) is 0 Å². The first-order valence-corrected chi connectivity index (χ1v) is 13.2. The second kappa shape index (κ2) is 11.6. The van der Waals surface area contributed by atoms with Crippen molar-refractivity contribution in [3.63, 3.8) is 0 Å². The summed E-state index contributed by atoms with van der Waals surface area (Å²) in [5, 5.41) is 23.0. The highest BCUT2D eigenvalue weighted by Crippen LogP contribution is 2.32. The molecule has 2 saturated heterocycles. The van der Waals surface area contributed by atoms with E-state index >= 15 is 4.39 Å². The molecule has 0 spiro atoms. The summed E-state index contributed by atoms with van der Waals surface area (Å²) in [6.45, 7) is 4.20. The predicted octanol–water partition coefficient (Wildman–Crippen LogP) is 2.21. The maximum Gasteiger partial charge on any atom is 0.368 e. The number of aliphatic hydroxyl groups is 1. The SMILES string of the molecule is CC(O)COc1cc(F)c(Nc2ncc(F)c(NCC3CCCN4CCCCC34)n2)cc1-n1nnn(C)c1=O. The monoisotopic (exact) mass is 545 g/mol. The van der Waals surface area contributed by atoms with Crippen molar-refractivity contribution < 1.29 is 18.6 Å². The highest BCUT2D eigenvalue weighted by molar-refractivity contribution is 5.63. The van der Waals surface area contributed by atoms with Crippen molar-refractivity contribution in [2.75, 3.05) is 36.9 Å². The van der Waals surface area contributed by atoms with Crippen LogP contribution in [0.5, 0.6) is 5.75 Å². The van der Waals surface area contributed by atoms with E-state index in [9.17, 15) is 14.3 Å². The van der Waals surface area contributed by atoms with E-state index in [4.69, 9.17) is 4.74 Å². The van der Waals surface area contributed by atoms with Crippen molar-refractivity contribution in [1.82, 2.24) is 34.7 Å². The van der Waals surface area contributed by atoms with Crippen LogP contribution in [0, 0.1) is 17.6 Å². The minimum Gasteiger partial charge on any atom is -0.489 e. The molecule has 12 nitrogen and oxygen atoms in total. The summed E-state index contributed by atoms with van der Waals surface area (Å²) in [6, 6.07) is 2.85.